The highest BCUT2D eigenvalue weighted by atomic mass is 16.3. The van der Waals surface area contributed by atoms with Crippen LogP contribution in [0, 0.1) is 57.2 Å². The van der Waals surface area contributed by atoms with Crippen molar-refractivity contribution in [3.63, 3.8) is 0 Å². The fourth-order valence-electron chi connectivity index (χ4n) is 9.39. The maximum Gasteiger partial charge on any atom is 0.0957 e. The molecule has 9 atom stereocenters. The molecule has 3 saturated carbocycles. The van der Waals surface area contributed by atoms with Crippen LogP contribution in [0.2, 0.25) is 0 Å². The first-order valence-electron chi connectivity index (χ1n) is 13.8. The quantitative estimate of drug-likeness (QED) is 0.295. The summed E-state index contributed by atoms with van der Waals surface area (Å²) in [6.45, 7) is 15.0. The van der Waals surface area contributed by atoms with Gasteiger partial charge in [0.1, 0.15) is 0 Å². The van der Waals surface area contributed by atoms with Crippen molar-refractivity contribution < 1.29 is 0 Å². The average molecular weight is 428 g/mol. The van der Waals surface area contributed by atoms with E-state index in [2.05, 4.69) is 52.8 Å². The van der Waals surface area contributed by atoms with Gasteiger partial charge < -0.3 is 0 Å². The van der Waals surface area contributed by atoms with Gasteiger partial charge in [0, 0.05) is 0 Å². The van der Waals surface area contributed by atoms with Crippen LogP contribution in [0.15, 0.2) is 16.8 Å². The number of rotatable bonds is 7. The molecule has 0 amide bonds. The van der Waals surface area contributed by atoms with Crippen molar-refractivity contribution in [3.05, 3.63) is 16.6 Å². The van der Waals surface area contributed by atoms with Gasteiger partial charge in [-0.05, 0) is 110 Å². The van der Waals surface area contributed by atoms with E-state index in [0.29, 0.717) is 10.8 Å². The maximum atomic E-state index is 11.2. The van der Waals surface area contributed by atoms with Crippen molar-refractivity contribution >= 4 is 0 Å². The molecule has 176 valence electrons. The predicted octanol–water partition coefficient (Wildman–Crippen LogP) is 8.80. The number of hydrogen-bond acceptors (Lipinski definition) is 2. The van der Waals surface area contributed by atoms with Crippen molar-refractivity contribution in [1.29, 1.82) is 0 Å². The van der Waals surface area contributed by atoms with E-state index in [1.165, 1.54) is 57.8 Å². The van der Waals surface area contributed by atoms with Gasteiger partial charge in [-0.15, -0.1) is 0 Å². The summed E-state index contributed by atoms with van der Waals surface area (Å²) in [4.78, 5) is 11.2. The van der Waals surface area contributed by atoms with Gasteiger partial charge in [0.2, 0.25) is 0 Å². The second kappa shape index (κ2) is 8.94. The normalized spacial score (nSPS) is 44.1. The molecule has 0 saturated heterocycles. The van der Waals surface area contributed by atoms with Crippen molar-refractivity contribution in [1.82, 2.24) is 0 Å². The molecule has 0 aromatic heterocycles. The second-order valence-electron chi connectivity index (χ2n) is 13.0. The summed E-state index contributed by atoms with van der Waals surface area (Å²) in [6, 6.07) is 0.0410. The molecule has 0 aliphatic heterocycles. The van der Waals surface area contributed by atoms with E-state index in [9.17, 15) is 4.91 Å². The Morgan fingerprint density at radius 2 is 1.81 bits per heavy atom. The molecule has 0 radical (unpaired) electrons. The molecular formula is C29H49NO. The highest BCUT2D eigenvalue weighted by Gasteiger charge is 2.59. The summed E-state index contributed by atoms with van der Waals surface area (Å²) in [5.74, 6) is 6.17. The highest BCUT2D eigenvalue weighted by molar-refractivity contribution is 5.26. The van der Waals surface area contributed by atoms with E-state index in [1.54, 1.807) is 5.57 Å². The van der Waals surface area contributed by atoms with E-state index in [-0.39, 0.29) is 6.04 Å². The number of nitrogens with zero attached hydrogens (tertiary/aromatic N) is 1. The first-order valence-corrected chi connectivity index (χ1v) is 13.8. The van der Waals surface area contributed by atoms with E-state index in [1.807, 2.05) is 0 Å². The van der Waals surface area contributed by atoms with Gasteiger partial charge in [-0.3, -0.25) is 0 Å². The Labute approximate surface area is 192 Å². The zero-order valence-electron chi connectivity index (χ0n) is 21.3. The van der Waals surface area contributed by atoms with Gasteiger partial charge in [-0.1, -0.05) is 71.2 Å². The summed E-state index contributed by atoms with van der Waals surface area (Å²) in [5.41, 5.74) is 2.50. The Morgan fingerprint density at radius 1 is 1.03 bits per heavy atom. The minimum Gasteiger partial charge on any atom is -0.151 e. The van der Waals surface area contributed by atoms with E-state index in [0.717, 1.165) is 54.3 Å². The van der Waals surface area contributed by atoms with Crippen LogP contribution in [0.1, 0.15) is 112 Å². The SMILES string of the molecule is CCC(CCC(C)C1CCC2C3CC=C4CC(N=O)CCC4(C)C3CCC12C)C(C)C. The van der Waals surface area contributed by atoms with Gasteiger partial charge in [0.25, 0.3) is 0 Å². The fourth-order valence-corrected chi connectivity index (χ4v) is 9.39. The average Bonchev–Trinajstić information content (AvgIpc) is 3.10. The lowest BCUT2D eigenvalue weighted by Crippen LogP contribution is -2.50. The number of nitroso groups, excluding NO2 is 1. The van der Waals surface area contributed by atoms with Crippen LogP contribution >= 0.6 is 0 Å². The van der Waals surface area contributed by atoms with Crippen LogP contribution in [-0.2, 0) is 0 Å². The number of allylic oxidation sites excluding steroid dienone is 1. The van der Waals surface area contributed by atoms with Crippen LogP contribution in [-0.4, -0.2) is 6.04 Å². The first-order chi connectivity index (χ1) is 14.7. The molecular weight excluding hydrogens is 378 g/mol. The molecule has 0 N–H and O–H groups in total. The largest absolute Gasteiger partial charge is 0.151 e. The Bertz CT molecular complexity index is 682. The van der Waals surface area contributed by atoms with Gasteiger partial charge in [-0.25, -0.2) is 0 Å². The summed E-state index contributed by atoms with van der Waals surface area (Å²) >= 11 is 0. The van der Waals surface area contributed by atoms with E-state index >= 15 is 0 Å². The van der Waals surface area contributed by atoms with Crippen LogP contribution in [0.3, 0.4) is 0 Å². The molecule has 3 fully saturated rings. The van der Waals surface area contributed by atoms with E-state index < -0.39 is 0 Å². The molecule has 0 bridgehead atoms. The Balaban J connectivity index is 1.47. The molecule has 4 aliphatic carbocycles. The zero-order chi connectivity index (χ0) is 22.4. The zero-order valence-corrected chi connectivity index (χ0v) is 21.3. The van der Waals surface area contributed by atoms with Crippen LogP contribution < -0.4 is 0 Å². The van der Waals surface area contributed by atoms with Gasteiger partial charge >= 0.3 is 0 Å². The Morgan fingerprint density at radius 3 is 2.48 bits per heavy atom. The topological polar surface area (TPSA) is 29.4 Å². The number of fused-ring (bicyclic) bond motifs is 5. The summed E-state index contributed by atoms with van der Waals surface area (Å²) in [7, 11) is 0. The van der Waals surface area contributed by atoms with Crippen molar-refractivity contribution in [2.75, 3.05) is 0 Å². The third-order valence-electron chi connectivity index (χ3n) is 11.4. The first kappa shape index (κ1) is 23.5. The summed E-state index contributed by atoms with van der Waals surface area (Å²) in [5, 5.41) is 3.42. The molecule has 2 heteroatoms. The molecule has 0 heterocycles. The third-order valence-corrected chi connectivity index (χ3v) is 11.4. The smallest absolute Gasteiger partial charge is 0.0957 e. The Hall–Kier alpha value is -0.660. The monoisotopic (exact) mass is 427 g/mol. The summed E-state index contributed by atoms with van der Waals surface area (Å²) in [6.07, 6.45) is 17.0. The lowest BCUT2D eigenvalue weighted by atomic mass is 9.47. The lowest BCUT2D eigenvalue weighted by Gasteiger charge is -2.58. The minimum atomic E-state index is 0.0410. The molecule has 4 rings (SSSR count). The van der Waals surface area contributed by atoms with Gasteiger partial charge in [0.15, 0.2) is 0 Å². The lowest BCUT2D eigenvalue weighted by molar-refractivity contribution is -0.0511. The second-order valence-corrected chi connectivity index (χ2v) is 13.0. The van der Waals surface area contributed by atoms with E-state index in [4.69, 9.17) is 0 Å². The van der Waals surface area contributed by atoms with Crippen molar-refractivity contribution in [2.24, 2.45) is 57.4 Å². The molecule has 4 aliphatic rings. The summed E-state index contributed by atoms with van der Waals surface area (Å²) < 4.78 is 0. The molecule has 0 aromatic rings. The Kier molecular flexibility index (Phi) is 6.78. The van der Waals surface area contributed by atoms with Gasteiger partial charge in [0.05, 0.1) is 6.04 Å². The van der Waals surface area contributed by atoms with Crippen LogP contribution in [0.4, 0.5) is 0 Å². The van der Waals surface area contributed by atoms with Crippen molar-refractivity contribution in [2.45, 2.75) is 118 Å². The maximum absolute atomic E-state index is 11.2. The molecule has 31 heavy (non-hydrogen) atoms. The molecule has 0 spiro atoms. The van der Waals surface area contributed by atoms with Crippen LogP contribution in [0.5, 0.6) is 0 Å². The minimum absolute atomic E-state index is 0.0410. The predicted molar refractivity (Wildman–Crippen MR) is 132 cm³/mol. The molecule has 9 unspecified atom stereocenters. The molecule has 0 aromatic carbocycles. The van der Waals surface area contributed by atoms with Crippen LogP contribution in [0.25, 0.3) is 0 Å². The van der Waals surface area contributed by atoms with Crippen molar-refractivity contribution in [3.8, 4) is 0 Å². The molecule has 2 nitrogen and oxygen atoms in total. The number of hydrogen-bond donors (Lipinski definition) is 0. The third kappa shape index (κ3) is 3.97. The highest BCUT2D eigenvalue weighted by Crippen LogP contribution is 2.67. The standard InChI is InChI=1S/C29H49NO/c1-7-21(19(2)3)9-8-20(4)25-12-13-26-24-11-10-22-18-23(30-31)14-16-28(22,5)27(24)15-17-29(25,26)6/h10,19-21,23-27H,7-9,11-18H2,1-6H3. The fraction of sp³-hybridized carbons (Fsp3) is 0.931. The van der Waals surface area contributed by atoms with Gasteiger partial charge in [-0.2, -0.15) is 4.91 Å².